The summed E-state index contributed by atoms with van der Waals surface area (Å²) in [5.41, 5.74) is 8.54. The summed E-state index contributed by atoms with van der Waals surface area (Å²) in [5, 5.41) is 3.06. The predicted octanol–water partition coefficient (Wildman–Crippen LogP) is 3.77. The van der Waals surface area contributed by atoms with Crippen LogP contribution in [0, 0.1) is 12.3 Å². The van der Waals surface area contributed by atoms with Crippen LogP contribution in [0.1, 0.15) is 28.7 Å². The fourth-order valence-corrected chi connectivity index (χ4v) is 3.48. The number of carbonyl (C=O) groups excluding carboxylic acids is 1. The van der Waals surface area contributed by atoms with Crippen LogP contribution in [0.25, 0.3) is 11.3 Å². The number of aryl methyl sites for hydroxylation is 1. The first-order valence-corrected chi connectivity index (χ1v) is 8.41. The Morgan fingerprint density at radius 2 is 2.17 bits per heavy atom. The molecule has 0 radical (unpaired) electrons. The molecule has 1 unspecified atom stereocenters. The van der Waals surface area contributed by atoms with Gasteiger partial charge >= 0.3 is 0 Å². The Bertz CT molecular complexity index is 707. The molecule has 0 spiro atoms. The lowest BCUT2D eigenvalue weighted by Crippen LogP contribution is -2.34. The zero-order chi connectivity index (χ0) is 15.7. The number of likely N-dealkylation sites (tertiary alicyclic amines) is 1. The molecule has 1 amide bonds. The zero-order valence-corrected chi connectivity index (χ0v) is 16.3. The molecule has 1 atom stereocenters. The van der Waals surface area contributed by atoms with Crippen molar-refractivity contribution >= 4 is 42.1 Å². The van der Waals surface area contributed by atoms with Crippen molar-refractivity contribution in [2.75, 3.05) is 19.6 Å². The van der Waals surface area contributed by atoms with Crippen molar-refractivity contribution < 1.29 is 4.79 Å². The number of benzene rings is 1. The molecule has 132 valence electrons. The zero-order valence-electron chi connectivity index (χ0n) is 13.8. The summed E-state index contributed by atoms with van der Waals surface area (Å²) >= 11 is 1.62. The van der Waals surface area contributed by atoms with E-state index in [2.05, 4.69) is 11.9 Å². The van der Waals surface area contributed by atoms with E-state index in [-0.39, 0.29) is 36.1 Å². The van der Waals surface area contributed by atoms with Gasteiger partial charge in [0.15, 0.2) is 0 Å². The molecular weight excluding hydrogens is 365 g/mol. The number of halogens is 2. The Morgan fingerprint density at radius 1 is 1.42 bits per heavy atom. The smallest absolute Gasteiger partial charge is 0.253 e. The van der Waals surface area contributed by atoms with Crippen LogP contribution in [0.2, 0.25) is 0 Å². The first kappa shape index (κ1) is 20.9. The van der Waals surface area contributed by atoms with Crippen molar-refractivity contribution in [3.8, 4) is 11.3 Å². The summed E-state index contributed by atoms with van der Waals surface area (Å²) in [7, 11) is 0. The van der Waals surface area contributed by atoms with Crippen molar-refractivity contribution in [1.82, 2.24) is 9.88 Å². The Hall–Kier alpha value is -1.14. The number of hydrogen-bond acceptors (Lipinski definition) is 4. The number of carbonyl (C=O) groups is 1. The highest BCUT2D eigenvalue weighted by Crippen LogP contribution is 2.30. The average Bonchev–Trinajstić information content (AvgIpc) is 3.14. The number of hydrogen-bond donors (Lipinski definition) is 1. The molecule has 0 aliphatic carbocycles. The van der Waals surface area contributed by atoms with Crippen LogP contribution in [0.4, 0.5) is 0 Å². The molecule has 7 heteroatoms. The molecule has 2 N–H and O–H groups in total. The van der Waals surface area contributed by atoms with E-state index in [0.29, 0.717) is 6.54 Å². The average molecular weight is 388 g/mol. The van der Waals surface area contributed by atoms with E-state index >= 15 is 0 Å². The van der Waals surface area contributed by atoms with Gasteiger partial charge in [0, 0.05) is 29.6 Å². The van der Waals surface area contributed by atoms with Gasteiger partial charge in [0.1, 0.15) is 0 Å². The standard InChI is InChI=1S/C17H21N3OS.2ClH/c1-12-19-15(9-22-12)13-4-3-5-14(8-13)16(21)20-7-6-17(2,10-18)11-20;;/h3-5,8-9H,6-7,10-11,18H2,1-2H3;2*1H. The minimum Gasteiger partial charge on any atom is -0.338 e. The highest BCUT2D eigenvalue weighted by molar-refractivity contribution is 7.09. The predicted molar refractivity (Wildman–Crippen MR) is 104 cm³/mol. The maximum absolute atomic E-state index is 12.7. The molecule has 1 aromatic carbocycles. The van der Waals surface area contributed by atoms with Gasteiger partial charge in [0.05, 0.1) is 10.7 Å². The van der Waals surface area contributed by atoms with Gasteiger partial charge in [-0.25, -0.2) is 4.98 Å². The molecule has 4 nitrogen and oxygen atoms in total. The topological polar surface area (TPSA) is 59.2 Å². The lowest BCUT2D eigenvalue weighted by Gasteiger charge is -2.22. The Kier molecular flexibility index (Phi) is 7.23. The molecule has 3 rings (SSSR count). The quantitative estimate of drug-likeness (QED) is 0.871. The number of thiazole rings is 1. The fourth-order valence-electron chi connectivity index (χ4n) is 2.85. The first-order valence-electron chi connectivity index (χ1n) is 7.53. The second kappa shape index (κ2) is 8.30. The molecule has 1 fully saturated rings. The highest BCUT2D eigenvalue weighted by atomic mass is 35.5. The van der Waals surface area contributed by atoms with Crippen LogP contribution < -0.4 is 5.73 Å². The van der Waals surface area contributed by atoms with E-state index in [1.165, 1.54) is 0 Å². The van der Waals surface area contributed by atoms with E-state index in [9.17, 15) is 4.79 Å². The van der Waals surface area contributed by atoms with E-state index in [1.807, 2.05) is 41.5 Å². The van der Waals surface area contributed by atoms with Gasteiger partial charge in [-0.15, -0.1) is 36.2 Å². The number of rotatable bonds is 3. The fraction of sp³-hybridized carbons (Fsp3) is 0.412. The summed E-state index contributed by atoms with van der Waals surface area (Å²) in [4.78, 5) is 19.1. The van der Waals surface area contributed by atoms with Crippen molar-refractivity contribution in [1.29, 1.82) is 0 Å². The maximum atomic E-state index is 12.7. The molecule has 1 aromatic heterocycles. The van der Waals surface area contributed by atoms with Crippen LogP contribution >= 0.6 is 36.2 Å². The number of nitrogens with two attached hydrogens (primary N) is 1. The van der Waals surface area contributed by atoms with Crippen molar-refractivity contribution in [3.05, 3.63) is 40.2 Å². The molecule has 2 aromatic rings. The first-order chi connectivity index (χ1) is 10.5. The van der Waals surface area contributed by atoms with Gasteiger partial charge in [0.2, 0.25) is 0 Å². The third kappa shape index (κ3) is 4.28. The van der Waals surface area contributed by atoms with Crippen LogP contribution in [0.15, 0.2) is 29.6 Å². The van der Waals surface area contributed by atoms with Crippen molar-refractivity contribution in [2.45, 2.75) is 20.3 Å². The third-order valence-electron chi connectivity index (χ3n) is 4.36. The minimum atomic E-state index is 0. The minimum absolute atomic E-state index is 0. The van der Waals surface area contributed by atoms with E-state index in [0.717, 1.165) is 41.3 Å². The van der Waals surface area contributed by atoms with Gasteiger partial charge in [-0.05, 0) is 37.4 Å². The van der Waals surface area contributed by atoms with E-state index in [1.54, 1.807) is 11.3 Å². The highest BCUT2D eigenvalue weighted by Gasteiger charge is 2.35. The monoisotopic (exact) mass is 387 g/mol. The molecule has 1 aliphatic rings. The third-order valence-corrected chi connectivity index (χ3v) is 5.14. The molecule has 0 saturated carbocycles. The van der Waals surface area contributed by atoms with Gasteiger partial charge in [-0.3, -0.25) is 4.79 Å². The van der Waals surface area contributed by atoms with Crippen molar-refractivity contribution in [3.63, 3.8) is 0 Å². The molecular formula is C17H23Cl2N3OS. The van der Waals surface area contributed by atoms with Gasteiger partial charge in [0.25, 0.3) is 5.91 Å². The SMILES string of the molecule is Cc1nc(-c2cccc(C(=O)N3CCC(C)(CN)C3)c2)cs1.Cl.Cl. The van der Waals surface area contributed by atoms with Crippen molar-refractivity contribution in [2.24, 2.45) is 11.1 Å². The van der Waals surface area contributed by atoms with Crippen LogP contribution in [0.5, 0.6) is 0 Å². The Labute approximate surface area is 159 Å². The van der Waals surface area contributed by atoms with Crippen LogP contribution in [0.3, 0.4) is 0 Å². The second-order valence-corrected chi connectivity index (χ2v) is 7.39. The van der Waals surface area contributed by atoms with E-state index < -0.39 is 0 Å². The van der Waals surface area contributed by atoms with Gasteiger partial charge in [-0.1, -0.05) is 19.1 Å². The largest absolute Gasteiger partial charge is 0.338 e. The van der Waals surface area contributed by atoms with Gasteiger partial charge in [-0.2, -0.15) is 0 Å². The van der Waals surface area contributed by atoms with Gasteiger partial charge < -0.3 is 10.6 Å². The Morgan fingerprint density at radius 3 is 2.75 bits per heavy atom. The molecule has 2 heterocycles. The summed E-state index contributed by atoms with van der Waals surface area (Å²) in [6.45, 7) is 6.28. The number of nitrogens with zero attached hydrogens (tertiary/aromatic N) is 2. The Balaban J connectivity index is 0.00000144. The summed E-state index contributed by atoms with van der Waals surface area (Å²) < 4.78 is 0. The normalized spacial score (nSPS) is 19.5. The number of aromatic nitrogens is 1. The summed E-state index contributed by atoms with van der Waals surface area (Å²) in [5.74, 6) is 0.0889. The molecule has 0 bridgehead atoms. The summed E-state index contributed by atoms with van der Waals surface area (Å²) in [6.07, 6.45) is 0.972. The molecule has 1 aliphatic heterocycles. The lowest BCUT2D eigenvalue weighted by molar-refractivity contribution is 0.0777. The van der Waals surface area contributed by atoms with Crippen LogP contribution in [-0.2, 0) is 0 Å². The number of amides is 1. The van der Waals surface area contributed by atoms with E-state index in [4.69, 9.17) is 5.73 Å². The molecule has 1 saturated heterocycles. The second-order valence-electron chi connectivity index (χ2n) is 6.32. The summed E-state index contributed by atoms with van der Waals surface area (Å²) in [6, 6.07) is 7.74. The lowest BCUT2D eigenvalue weighted by atomic mass is 9.90. The molecule has 24 heavy (non-hydrogen) atoms. The van der Waals surface area contributed by atoms with Crippen LogP contribution in [-0.4, -0.2) is 35.4 Å². The maximum Gasteiger partial charge on any atom is 0.253 e.